The smallest absolute Gasteiger partial charge is 0.250 e. The standard InChI is InChI=1S/C12H19FN4O.HI/c1-12(2,3)17-11(14)16-7-8-18-10-9(13)5-4-6-15-10;/h4-6H,7-8H2,1-3H3,(H3,14,16,17);1H. The molecular formula is C12H20FIN4O. The van der Waals surface area contributed by atoms with Gasteiger partial charge in [-0.1, -0.05) is 0 Å². The highest BCUT2D eigenvalue weighted by Crippen LogP contribution is 2.10. The number of nitrogens with zero attached hydrogens (tertiary/aromatic N) is 2. The van der Waals surface area contributed by atoms with Gasteiger partial charge in [-0.15, -0.1) is 24.0 Å². The van der Waals surface area contributed by atoms with Gasteiger partial charge in [-0.2, -0.15) is 0 Å². The lowest BCUT2D eigenvalue weighted by Crippen LogP contribution is -2.45. The molecule has 0 aliphatic carbocycles. The van der Waals surface area contributed by atoms with E-state index in [1.807, 2.05) is 20.8 Å². The molecular weight excluding hydrogens is 362 g/mol. The van der Waals surface area contributed by atoms with Crippen molar-refractivity contribution in [2.75, 3.05) is 13.2 Å². The molecule has 0 atom stereocenters. The average Bonchev–Trinajstić information content (AvgIpc) is 2.24. The molecule has 0 spiro atoms. The van der Waals surface area contributed by atoms with Crippen molar-refractivity contribution in [2.45, 2.75) is 26.3 Å². The van der Waals surface area contributed by atoms with Gasteiger partial charge in [0.1, 0.15) is 6.61 Å². The molecule has 1 rings (SSSR count). The van der Waals surface area contributed by atoms with Gasteiger partial charge in [0.05, 0.1) is 6.54 Å². The Morgan fingerprint density at radius 2 is 2.21 bits per heavy atom. The Morgan fingerprint density at radius 1 is 1.53 bits per heavy atom. The number of aromatic nitrogens is 1. The van der Waals surface area contributed by atoms with Gasteiger partial charge in [-0.05, 0) is 32.9 Å². The number of guanidine groups is 1. The van der Waals surface area contributed by atoms with Gasteiger partial charge in [0, 0.05) is 11.7 Å². The Morgan fingerprint density at radius 3 is 2.79 bits per heavy atom. The Labute approximate surface area is 129 Å². The van der Waals surface area contributed by atoms with Gasteiger partial charge in [0.25, 0.3) is 0 Å². The Kier molecular flexibility index (Phi) is 7.65. The van der Waals surface area contributed by atoms with Crippen molar-refractivity contribution in [2.24, 2.45) is 10.7 Å². The van der Waals surface area contributed by atoms with Crippen LogP contribution in [0.3, 0.4) is 0 Å². The number of rotatable bonds is 4. The number of nitrogens with two attached hydrogens (primary N) is 1. The van der Waals surface area contributed by atoms with E-state index in [1.54, 1.807) is 0 Å². The molecule has 1 aromatic heterocycles. The minimum absolute atomic E-state index is 0. The van der Waals surface area contributed by atoms with Crippen LogP contribution in [0.4, 0.5) is 4.39 Å². The van der Waals surface area contributed by atoms with E-state index in [9.17, 15) is 4.39 Å². The first-order valence-corrected chi connectivity index (χ1v) is 5.70. The van der Waals surface area contributed by atoms with Gasteiger partial charge in [-0.3, -0.25) is 0 Å². The minimum Gasteiger partial charge on any atom is -0.474 e. The third-order valence-electron chi connectivity index (χ3n) is 1.84. The molecule has 1 aromatic rings. The van der Waals surface area contributed by atoms with Crippen LogP contribution >= 0.6 is 24.0 Å². The fourth-order valence-electron chi connectivity index (χ4n) is 1.21. The first-order chi connectivity index (χ1) is 8.38. The highest BCUT2D eigenvalue weighted by molar-refractivity contribution is 14.0. The maximum Gasteiger partial charge on any atom is 0.250 e. The molecule has 0 aliphatic heterocycles. The Hall–Kier alpha value is -1.12. The van der Waals surface area contributed by atoms with Crippen LogP contribution in [0.2, 0.25) is 0 Å². The van der Waals surface area contributed by atoms with Crippen LogP contribution in [-0.4, -0.2) is 29.6 Å². The molecule has 5 nitrogen and oxygen atoms in total. The van der Waals surface area contributed by atoms with E-state index in [0.717, 1.165) is 0 Å². The van der Waals surface area contributed by atoms with Gasteiger partial charge in [0.15, 0.2) is 11.8 Å². The highest BCUT2D eigenvalue weighted by atomic mass is 127. The maximum absolute atomic E-state index is 13.1. The quantitative estimate of drug-likeness (QED) is 0.361. The molecule has 1 heterocycles. The van der Waals surface area contributed by atoms with Crippen molar-refractivity contribution in [3.8, 4) is 5.88 Å². The summed E-state index contributed by atoms with van der Waals surface area (Å²) in [5.74, 6) is -0.162. The summed E-state index contributed by atoms with van der Waals surface area (Å²) < 4.78 is 18.3. The van der Waals surface area contributed by atoms with Crippen LogP contribution < -0.4 is 15.8 Å². The van der Waals surface area contributed by atoms with Crippen LogP contribution in [0.5, 0.6) is 5.88 Å². The number of hydrogen-bond acceptors (Lipinski definition) is 3. The summed E-state index contributed by atoms with van der Waals surface area (Å²) in [5, 5.41) is 3.01. The van der Waals surface area contributed by atoms with Crippen LogP contribution in [0.1, 0.15) is 20.8 Å². The van der Waals surface area contributed by atoms with Crippen molar-refractivity contribution in [1.82, 2.24) is 10.3 Å². The number of halogens is 2. The molecule has 3 N–H and O–H groups in total. The normalized spacial score (nSPS) is 11.7. The zero-order valence-electron chi connectivity index (χ0n) is 11.3. The van der Waals surface area contributed by atoms with E-state index in [0.29, 0.717) is 12.5 Å². The maximum atomic E-state index is 13.1. The summed E-state index contributed by atoms with van der Waals surface area (Å²) in [6, 6.07) is 2.80. The van der Waals surface area contributed by atoms with E-state index in [4.69, 9.17) is 10.5 Å². The molecule has 0 saturated carbocycles. The number of pyridine rings is 1. The molecule has 0 fully saturated rings. The summed E-state index contributed by atoms with van der Waals surface area (Å²) in [6.45, 7) is 6.50. The van der Waals surface area contributed by atoms with E-state index in [-0.39, 0.29) is 42.0 Å². The summed E-state index contributed by atoms with van der Waals surface area (Å²) in [4.78, 5) is 7.82. The number of nitrogens with one attached hydrogen (secondary N) is 1. The van der Waals surface area contributed by atoms with Crippen molar-refractivity contribution >= 4 is 29.9 Å². The predicted octanol–water partition coefficient (Wildman–Crippen LogP) is 1.92. The van der Waals surface area contributed by atoms with E-state index in [2.05, 4.69) is 15.3 Å². The minimum atomic E-state index is -0.484. The summed E-state index contributed by atoms with van der Waals surface area (Å²) in [5.41, 5.74) is 5.53. The largest absolute Gasteiger partial charge is 0.474 e. The Balaban J connectivity index is 0.00000324. The SMILES string of the molecule is CC(C)(C)NC(N)=NCCOc1ncccc1F.I. The van der Waals surface area contributed by atoms with Gasteiger partial charge >= 0.3 is 0 Å². The fourth-order valence-corrected chi connectivity index (χ4v) is 1.21. The second kappa shape index (κ2) is 8.13. The number of hydrogen-bond donors (Lipinski definition) is 2. The lowest BCUT2D eigenvalue weighted by Gasteiger charge is -2.20. The molecule has 0 aliphatic rings. The summed E-state index contributed by atoms with van der Waals surface area (Å²) in [6.07, 6.45) is 1.47. The first-order valence-electron chi connectivity index (χ1n) is 5.70. The van der Waals surface area contributed by atoms with Crippen LogP contribution in [-0.2, 0) is 0 Å². The van der Waals surface area contributed by atoms with Crippen LogP contribution in [0, 0.1) is 5.82 Å². The highest BCUT2D eigenvalue weighted by Gasteiger charge is 2.09. The number of ether oxygens (including phenoxy) is 1. The predicted molar refractivity (Wildman–Crippen MR) is 84.5 cm³/mol. The second-order valence-corrected chi connectivity index (χ2v) is 4.78. The molecule has 0 unspecified atom stereocenters. The zero-order chi connectivity index (χ0) is 13.6. The first kappa shape index (κ1) is 17.9. The molecule has 7 heteroatoms. The molecule has 0 radical (unpaired) electrons. The molecule has 19 heavy (non-hydrogen) atoms. The average molecular weight is 382 g/mol. The van der Waals surface area contributed by atoms with Crippen molar-refractivity contribution < 1.29 is 9.13 Å². The van der Waals surface area contributed by atoms with Crippen molar-refractivity contribution in [1.29, 1.82) is 0 Å². The topological polar surface area (TPSA) is 72.5 Å². The fraction of sp³-hybridized carbons (Fsp3) is 0.500. The third-order valence-corrected chi connectivity index (χ3v) is 1.84. The zero-order valence-corrected chi connectivity index (χ0v) is 13.6. The third kappa shape index (κ3) is 7.81. The second-order valence-electron chi connectivity index (χ2n) is 4.78. The monoisotopic (exact) mass is 382 g/mol. The van der Waals surface area contributed by atoms with Crippen molar-refractivity contribution in [3.05, 3.63) is 24.1 Å². The van der Waals surface area contributed by atoms with Gasteiger partial charge in [-0.25, -0.2) is 14.4 Å². The molecule has 0 bridgehead atoms. The van der Waals surface area contributed by atoms with Gasteiger partial charge in [0.2, 0.25) is 5.88 Å². The lowest BCUT2D eigenvalue weighted by atomic mass is 10.1. The van der Waals surface area contributed by atoms with Crippen LogP contribution in [0.15, 0.2) is 23.3 Å². The Bertz CT molecular complexity index is 420. The van der Waals surface area contributed by atoms with Crippen molar-refractivity contribution in [3.63, 3.8) is 0 Å². The number of aliphatic imine (C=N–C) groups is 1. The lowest BCUT2D eigenvalue weighted by molar-refractivity contribution is 0.298. The van der Waals surface area contributed by atoms with E-state index < -0.39 is 5.82 Å². The molecule has 108 valence electrons. The molecule has 0 amide bonds. The summed E-state index contributed by atoms with van der Waals surface area (Å²) in [7, 11) is 0. The molecule has 0 saturated heterocycles. The van der Waals surface area contributed by atoms with Crippen LogP contribution in [0.25, 0.3) is 0 Å². The van der Waals surface area contributed by atoms with E-state index in [1.165, 1.54) is 18.3 Å². The van der Waals surface area contributed by atoms with Gasteiger partial charge < -0.3 is 15.8 Å². The molecule has 0 aromatic carbocycles. The summed E-state index contributed by atoms with van der Waals surface area (Å²) >= 11 is 0. The van der Waals surface area contributed by atoms with E-state index >= 15 is 0 Å².